The Balaban J connectivity index is 0.00000220. The molecular weight excluding hydrogens is 301 g/mol. The van der Waals surface area contributed by atoms with Crippen molar-refractivity contribution in [1.82, 2.24) is 10.2 Å². The zero-order chi connectivity index (χ0) is 14.5. The van der Waals surface area contributed by atoms with E-state index in [0.717, 1.165) is 38.3 Å². The summed E-state index contributed by atoms with van der Waals surface area (Å²) >= 11 is 0. The van der Waals surface area contributed by atoms with Crippen molar-refractivity contribution in [2.24, 2.45) is 0 Å². The Hall–Kier alpha value is -1.28. The first kappa shape index (κ1) is 17.8. The Bertz CT molecular complexity index is 484. The van der Waals surface area contributed by atoms with Crippen molar-refractivity contribution in [2.45, 2.75) is 12.5 Å². The van der Waals surface area contributed by atoms with Crippen molar-refractivity contribution >= 4 is 18.1 Å². The van der Waals surface area contributed by atoms with Gasteiger partial charge in [0, 0.05) is 56.5 Å². The second-order valence-electron chi connectivity index (χ2n) is 4.78. The quantitative estimate of drug-likeness (QED) is 0.635. The van der Waals surface area contributed by atoms with Crippen LogP contribution < -0.4 is 5.32 Å². The van der Waals surface area contributed by atoms with Crippen LogP contribution in [0.15, 0.2) is 18.2 Å². The number of rotatable bonds is 5. The molecule has 6 nitrogen and oxygen atoms in total. The fourth-order valence-electron chi connectivity index (χ4n) is 2.55. The van der Waals surface area contributed by atoms with Crippen LogP contribution >= 0.6 is 12.4 Å². The molecule has 1 heterocycles. The highest BCUT2D eigenvalue weighted by Crippen LogP contribution is 2.29. The fraction of sp³-hybridized carbons (Fsp3) is 0.538. The Morgan fingerprint density at radius 1 is 1.43 bits per heavy atom. The number of nitro groups is 1. The number of benzene rings is 1. The molecule has 2 N–H and O–H groups in total. The highest BCUT2D eigenvalue weighted by Gasteiger charge is 2.25. The van der Waals surface area contributed by atoms with Gasteiger partial charge in [-0.3, -0.25) is 15.0 Å². The van der Waals surface area contributed by atoms with E-state index in [4.69, 9.17) is 0 Å². The minimum absolute atomic E-state index is 0. The molecule has 1 aromatic rings. The summed E-state index contributed by atoms with van der Waals surface area (Å²) in [4.78, 5) is 12.4. The zero-order valence-corrected chi connectivity index (χ0v) is 12.3. The van der Waals surface area contributed by atoms with E-state index in [9.17, 15) is 19.6 Å². The first-order chi connectivity index (χ1) is 9.63. The maximum atomic E-state index is 14.0. The molecule has 0 aliphatic carbocycles. The smallest absolute Gasteiger partial charge is 0.269 e. The Morgan fingerprint density at radius 2 is 2.10 bits per heavy atom. The molecule has 1 fully saturated rings. The lowest BCUT2D eigenvalue weighted by Crippen LogP contribution is -2.45. The van der Waals surface area contributed by atoms with Gasteiger partial charge in [-0.15, -0.1) is 12.4 Å². The van der Waals surface area contributed by atoms with Crippen LogP contribution in [0.3, 0.4) is 0 Å². The summed E-state index contributed by atoms with van der Waals surface area (Å²) in [6.45, 7) is 2.95. The topological polar surface area (TPSA) is 78.6 Å². The van der Waals surface area contributed by atoms with Crippen molar-refractivity contribution in [3.8, 4) is 0 Å². The Labute approximate surface area is 128 Å². The van der Waals surface area contributed by atoms with E-state index in [1.165, 1.54) is 6.07 Å². The third-order valence-corrected chi connectivity index (χ3v) is 3.54. The van der Waals surface area contributed by atoms with E-state index in [1.54, 1.807) is 0 Å². The largest absolute Gasteiger partial charge is 0.396 e. The number of hydrogen-bond donors (Lipinski definition) is 2. The van der Waals surface area contributed by atoms with E-state index in [1.807, 2.05) is 0 Å². The first-order valence-electron chi connectivity index (χ1n) is 6.63. The molecule has 118 valence electrons. The summed E-state index contributed by atoms with van der Waals surface area (Å²) in [5, 5.41) is 23.2. The lowest BCUT2D eigenvalue weighted by Gasteiger charge is -2.35. The molecule has 0 saturated carbocycles. The standard InChI is InChI=1S/C13H18FN3O3.ClH/c14-12-2-1-10(17(19)20)9-11(12)13(3-8-18)16-6-4-15-5-7-16;/h1-2,9,13,15,18H,3-8H2;1H/t13-;/m0./s1. The van der Waals surface area contributed by atoms with Gasteiger partial charge in [0.05, 0.1) is 4.92 Å². The van der Waals surface area contributed by atoms with Crippen LogP contribution in [0.4, 0.5) is 10.1 Å². The monoisotopic (exact) mass is 319 g/mol. The molecular formula is C13H19ClFN3O3. The zero-order valence-electron chi connectivity index (χ0n) is 11.5. The van der Waals surface area contributed by atoms with Gasteiger partial charge >= 0.3 is 0 Å². The van der Waals surface area contributed by atoms with Crippen molar-refractivity contribution < 1.29 is 14.4 Å². The average Bonchev–Trinajstić information content (AvgIpc) is 2.46. The van der Waals surface area contributed by atoms with Crippen LogP contribution in [0, 0.1) is 15.9 Å². The van der Waals surface area contributed by atoms with Crippen LogP contribution in [0.2, 0.25) is 0 Å². The highest BCUT2D eigenvalue weighted by atomic mass is 35.5. The molecule has 0 bridgehead atoms. The minimum Gasteiger partial charge on any atom is -0.396 e. The number of piperazine rings is 1. The first-order valence-corrected chi connectivity index (χ1v) is 6.63. The summed E-state index contributed by atoms with van der Waals surface area (Å²) in [5.74, 6) is -0.465. The normalized spacial score (nSPS) is 17.0. The van der Waals surface area contributed by atoms with Gasteiger partial charge in [0.1, 0.15) is 5.82 Å². The summed E-state index contributed by atoms with van der Waals surface area (Å²) in [7, 11) is 0. The third-order valence-electron chi connectivity index (χ3n) is 3.54. The fourth-order valence-corrected chi connectivity index (χ4v) is 2.55. The van der Waals surface area contributed by atoms with Crippen molar-refractivity contribution in [3.05, 3.63) is 39.7 Å². The van der Waals surface area contributed by atoms with Crippen molar-refractivity contribution in [3.63, 3.8) is 0 Å². The minimum atomic E-state index is -0.531. The average molecular weight is 320 g/mol. The van der Waals surface area contributed by atoms with Gasteiger partial charge in [-0.25, -0.2) is 4.39 Å². The molecule has 0 spiro atoms. The maximum absolute atomic E-state index is 14.0. The number of non-ortho nitro benzene ring substituents is 1. The number of nitrogens with one attached hydrogen (secondary N) is 1. The van der Waals surface area contributed by atoms with Gasteiger partial charge in [0.25, 0.3) is 5.69 Å². The molecule has 1 saturated heterocycles. The molecule has 0 amide bonds. The van der Waals surface area contributed by atoms with E-state index >= 15 is 0 Å². The van der Waals surface area contributed by atoms with Crippen LogP contribution in [-0.4, -0.2) is 47.7 Å². The number of aliphatic hydroxyl groups is 1. The van der Waals surface area contributed by atoms with Crippen molar-refractivity contribution in [2.75, 3.05) is 32.8 Å². The second-order valence-corrected chi connectivity index (χ2v) is 4.78. The number of nitro benzene ring substituents is 1. The van der Waals surface area contributed by atoms with Gasteiger partial charge in [0.2, 0.25) is 0 Å². The molecule has 1 aliphatic rings. The van der Waals surface area contributed by atoms with E-state index in [0.29, 0.717) is 6.42 Å². The number of hydrogen-bond acceptors (Lipinski definition) is 5. The van der Waals surface area contributed by atoms with Crippen LogP contribution in [0.25, 0.3) is 0 Å². The predicted molar refractivity (Wildman–Crippen MR) is 79.2 cm³/mol. The third kappa shape index (κ3) is 4.34. The van der Waals surface area contributed by atoms with Crippen LogP contribution in [0.5, 0.6) is 0 Å². The van der Waals surface area contributed by atoms with E-state index in [2.05, 4.69) is 10.2 Å². The molecule has 1 aromatic carbocycles. The van der Waals surface area contributed by atoms with Gasteiger partial charge in [-0.1, -0.05) is 0 Å². The molecule has 1 aliphatic heterocycles. The highest BCUT2D eigenvalue weighted by molar-refractivity contribution is 5.85. The molecule has 1 atom stereocenters. The number of halogens is 2. The van der Waals surface area contributed by atoms with Gasteiger partial charge in [-0.05, 0) is 12.5 Å². The van der Waals surface area contributed by atoms with Gasteiger partial charge in [0.15, 0.2) is 0 Å². The summed E-state index contributed by atoms with van der Waals surface area (Å²) in [6.07, 6.45) is 0.359. The lowest BCUT2D eigenvalue weighted by atomic mass is 10.00. The second kappa shape index (κ2) is 8.23. The van der Waals surface area contributed by atoms with Gasteiger partial charge in [-0.2, -0.15) is 0 Å². The molecule has 0 aromatic heterocycles. The SMILES string of the molecule is Cl.O=[N+]([O-])c1ccc(F)c([C@H](CCO)N2CCNCC2)c1. The Morgan fingerprint density at radius 3 is 2.67 bits per heavy atom. The molecule has 2 rings (SSSR count). The van der Waals surface area contributed by atoms with Gasteiger partial charge < -0.3 is 10.4 Å². The lowest BCUT2D eigenvalue weighted by molar-refractivity contribution is -0.385. The number of aliphatic hydroxyl groups excluding tert-OH is 1. The maximum Gasteiger partial charge on any atom is 0.269 e. The van der Waals surface area contributed by atoms with E-state index in [-0.39, 0.29) is 36.3 Å². The summed E-state index contributed by atoms with van der Waals surface area (Å²) < 4.78 is 14.0. The van der Waals surface area contributed by atoms with Crippen LogP contribution in [0.1, 0.15) is 18.0 Å². The molecule has 21 heavy (non-hydrogen) atoms. The molecule has 0 unspecified atom stereocenters. The van der Waals surface area contributed by atoms with E-state index < -0.39 is 10.7 Å². The summed E-state index contributed by atoms with van der Waals surface area (Å²) in [6, 6.07) is 3.23. The summed E-state index contributed by atoms with van der Waals surface area (Å²) in [5.41, 5.74) is 0.162. The number of nitrogens with zero attached hydrogens (tertiary/aromatic N) is 2. The predicted octanol–water partition coefficient (Wildman–Crippen LogP) is 1.48. The van der Waals surface area contributed by atoms with Crippen LogP contribution in [-0.2, 0) is 0 Å². The molecule has 0 radical (unpaired) electrons. The van der Waals surface area contributed by atoms with Crippen molar-refractivity contribution in [1.29, 1.82) is 0 Å². The molecule has 8 heteroatoms. The Kier molecular flexibility index (Phi) is 6.97.